The van der Waals surface area contributed by atoms with E-state index in [9.17, 15) is 9.18 Å². The molecule has 1 fully saturated rings. The van der Waals surface area contributed by atoms with Gasteiger partial charge in [-0.2, -0.15) is 0 Å². The standard InChI is InChI=1S/C13H17FN2O3/c1-18-11-5-9(10(14)6-12(11)19-2)13(17)16-8-3-4-15-7-8/h5-6,8,15H,3-4,7H2,1-2H3,(H,16,17). The molecule has 1 amide bonds. The second-order valence-electron chi connectivity index (χ2n) is 4.35. The minimum Gasteiger partial charge on any atom is -0.493 e. The van der Waals surface area contributed by atoms with Crippen LogP contribution in [0, 0.1) is 5.82 Å². The molecule has 0 radical (unpaired) electrons. The molecule has 0 saturated carbocycles. The minimum absolute atomic E-state index is 0.0375. The van der Waals surface area contributed by atoms with Gasteiger partial charge in [-0.05, 0) is 19.0 Å². The van der Waals surface area contributed by atoms with E-state index in [1.807, 2.05) is 0 Å². The second-order valence-corrected chi connectivity index (χ2v) is 4.35. The number of hydrogen-bond acceptors (Lipinski definition) is 4. The molecule has 0 aromatic heterocycles. The van der Waals surface area contributed by atoms with E-state index >= 15 is 0 Å². The van der Waals surface area contributed by atoms with Crippen LogP contribution in [0.4, 0.5) is 4.39 Å². The number of carbonyl (C=O) groups is 1. The number of benzene rings is 1. The summed E-state index contributed by atoms with van der Waals surface area (Å²) in [6.07, 6.45) is 0.848. The summed E-state index contributed by atoms with van der Waals surface area (Å²) in [7, 11) is 2.86. The molecule has 1 atom stereocenters. The summed E-state index contributed by atoms with van der Waals surface area (Å²) in [6, 6.07) is 2.55. The van der Waals surface area contributed by atoms with Crippen LogP contribution in [-0.2, 0) is 0 Å². The molecular formula is C13H17FN2O3. The Kier molecular flexibility index (Phi) is 4.21. The van der Waals surface area contributed by atoms with Crippen molar-refractivity contribution >= 4 is 5.91 Å². The summed E-state index contributed by atoms with van der Waals surface area (Å²) in [4.78, 5) is 12.0. The first kappa shape index (κ1) is 13.6. The van der Waals surface area contributed by atoms with Crippen molar-refractivity contribution in [2.24, 2.45) is 0 Å². The molecule has 0 aliphatic carbocycles. The molecule has 1 heterocycles. The van der Waals surface area contributed by atoms with E-state index in [-0.39, 0.29) is 17.4 Å². The molecule has 1 unspecified atom stereocenters. The van der Waals surface area contributed by atoms with Crippen molar-refractivity contribution in [3.8, 4) is 11.5 Å². The van der Waals surface area contributed by atoms with Crippen LogP contribution in [0.2, 0.25) is 0 Å². The molecule has 2 N–H and O–H groups in total. The molecule has 1 aliphatic heterocycles. The van der Waals surface area contributed by atoms with Gasteiger partial charge in [-0.1, -0.05) is 0 Å². The third-order valence-electron chi connectivity index (χ3n) is 3.11. The summed E-state index contributed by atoms with van der Waals surface area (Å²) in [6.45, 7) is 1.57. The summed E-state index contributed by atoms with van der Waals surface area (Å²) in [5.41, 5.74) is -0.0375. The van der Waals surface area contributed by atoms with Crippen LogP contribution in [0.3, 0.4) is 0 Å². The van der Waals surface area contributed by atoms with Crippen LogP contribution in [0.5, 0.6) is 11.5 Å². The molecule has 0 bridgehead atoms. The van der Waals surface area contributed by atoms with Crippen molar-refractivity contribution in [3.63, 3.8) is 0 Å². The van der Waals surface area contributed by atoms with Gasteiger partial charge in [-0.25, -0.2) is 4.39 Å². The number of nitrogens with one attached hydrogen (secondary N) is 2. The number of carbonyl (C=O) groups excluding carboxylic acids is 1. The van der Waals surface area contributed by atoms with E-state index in [0.29, 0.717) is 12.3 Å². The van der Waals surface area contributed by atoms with Crippen molar-refractivity contribution in [1.82, 2.24) is 10.6 Å². The Morgan fingerprint density at radius 1 is 1.37 bits per heavy atom. The Labute approximate surface area is 111 Å². The lowest BCUT2D eigenvalue weighted by atomic mass is 10.1. The molecule has 104 valence electrons. The highest BCUT2D eigenvalue weighted by Gasteiger charge is 2.21. The van der Waals surface area contributed by atoms with E-state index in [4.69, 9.17) is 9.47 Å². The zero-order valence-electron chi connectivity index (χ0n) is 11.0. The van der Waals surface area contributed by atoms with Gasteiger partial charge in [0, 0.05) is 18.7 Å². The fourth-order valence-electron chi connectivity index (χ4n) is 2.07. The third kappa shape index (κ3) is 2.96. The number of hydrogen-bond donors (Lipinski definition) is 2. The normalized spacial score (nSPS) is 18.2. The maximum Gasteiger partial charge on any atom is 0.254 e. The SMILES string of the molecule is COc1cc(F)c(C(=O)NC2CCNC2)cc1OC. The first-order valence-corrected chi connectivity index (χ1v) is 6.08. The van der Waals surface area contributed by atoms with Crippen molar-refractivity contribution < 1.29 is 18.7 Å². The molecule has 1 aromatic carbocycles. The van der Waals surface area contributed by atoms with Crippen molar-refractivity contribution in [2.75, 3.05) is 27.3 Å². The number of rotatable bonds is 4. The quantitative estimate of drug-likeness (QED) is 0.853. The number of ether oxygens (including phenoxy) is 2. The Hall–Kier alpha value is -1.82. The third-order valence-corrected chi connectivity index (χ3v) is 3.11. The van der Waals surface area contributed by atoms with Gasteiger partial charge in [0.05, 0.1) is 19.8 Å². The highest BCUT2D eigenvalue weighted by atomic mass is 19.1. The van der Waals surface area contributed by atoms with Gasteiger partial charge in [0.15, 0.2) is 11.5 Å². The van der Waals surface area contributed by atoms with E-state index < -0.39 is 11.7 Å². The van der Waals surface area contributed by atoms with Gasteiger partial charge in [0.25, 0.3) is 5.91 Å². The number of halogens is 1. The van der Waals surface area contributed by atoms with Gasteiger partial charge in [-0.15, -0.1) is 0 Å². The Morgan fingerprint density at radius 2 is 2.05 bits per heavy atom. The molecule has 6 heteroatoms. The lowest BCUT2D eigenvalue weighted by molar-refractivity contribution is 0.0935. The maximum absolute atomic E-state index is 13.9. The van der Waals surface area contributed by atoms with Crippen molar-refractivity contribution in [1.29, 1.82) is 0 Å². The lowest BCUT2D eigenvalue weighted by Gasteiger charge is -2.14. The van der Waals surface area contributed by atoms with Crippen LogP contribution < -0.4 is 20.1 Å². The molecule has 1 saturated heterocycles. The van der Waals surface area contributed by atoms with Gasteiger partial charge in [0.2, 0.25) is 0 Å². The zero-order chi connectivity index (χ0) is 13.8. The summed E-state index contributed by atoms with van der Waals surface area (Å²) in [5.74, 6) is -0.467. The average molecular weight is 268 g/mol. The van der Waals surface area contributed by atoms with Crippen LogP contribution in [0.25, 0.3) is 0 Å². The fourth-order valence-corrected chi connectivity index (χ4v) is 2.07. The maximum atomic E-state index is 13.9. The second kappa shape index (κ2) is 5.88. The first-order valence-electron chi connectivity index (χ1n) is 6.08. The zero-order valence-corrected chi connectivity index (χ0v) is 11.0. The fraction of sp³-hybridized carbons (Fsp3) is 0.462. The summed E-state index contributed by atoms with van der Waals surface area (Å²) in [5, 5.41) is 5.92. The number of amides is 1. The highest BCUT2D eigenvalue weighted by Crippen LogP contribution is 2.29. The molecule has 1 aliphatic rings. The molecule has 1 aromatic rings. The van der Waals surface area contributed by atoms with Gasteiger partial charge < -0.3 is 20.1 Å². The first-order chi connectivity index (χ1) is 9.15. The van der Waals surface area contributed by atoms with Gasteiger partial charge >= 0.3 is 0 Å². The predicted molar refractivity (Wildman–Crippen MR) is 68.2 cm³/mol. The number of methoxy groups -OCH3 is 2. The van der Waals surface area contributed by atoms with Crippen molar-refractivity contribution in [2.45, 2.75) is 12.5 Å². The van der Waals surface area contributed by atoms with Gasteiger partial charge in [-0.3, -0.25) is 4.79 Å². The Bertz CT molecular complexity index is 473. The van der Waals surface area contributed by atoms with Crippen LogP contribution in [-0.4, -0.2) is 39.3 Å². The molecular weight excluding hydrogens is 251 g/mol. The smallest absolute Gasteiger partial charge is 0.254 e. The Morgan fingerprint density at radius 3 is 2.63 bits per heavy atom. The van der Waals surface area contributed by atoms with Crippen molar-refractivity contribution in [3.05, 3.63) is 23.5 Å². The van der Waals surface area contributed by atoms with E-state index in [2.05, 4.69) is 10.6 Å². The summed E-state index contributed by atoms with van der Waals surface area (Å²) < 4.78 is 23.9. The molecule has 5 nitrogen and oxygen atoms in total. The Balaban J connectivity index is 2.20. The monoisotopic (exact) mass is 268 g/mol. The average Bonchev–Trinajstić information content (AvgIpc) is 2.90. The molecule has 2 rings (SSSR count). The van der Waals surface area contributed by atoms with E-state index in [0.717, 1.165) is 19.0 Å². The van der Waals surface area contributed by atoms with Gasteiger partial charge in [0.1, 0.15) is 5.82 Å². The highest BCUT2D eigenvalue weighted by molar-refractivity contribution is 5.95. The largest absolute Gasteiger partial charge is 0.493 e. The topological polar surface area (TPSA) is 59.6 Å². The van der Waals surface area contributed by atoms with Crippen LogP contribution in [0.15, 0.2) is 12.1 Å². The molecule has 0 spiro atoms. The summed E-state index contributed by atoms with van der Waals surface area (Å²) >= 11 is 0. The van der Waals surface area contributed by atoms with Crippen LogP contribution in [0.1, 0.15) is 16.8 Å². The van der Waals surface area contributed by atoms with E-state index in [1.54, 1.807) is 0 Å². The van der Waals surface area contributed by atoms with Crippen LogP contribution >= 0.6 is 0 Å². The van der Waals surface area contributed by atoms with E-state index in [1.165, 1.54) is 20.3 Å². The molecule has 19 heavy (non-hydrogen) atoms. The lowest BCUT2D eigenvalue weighted by Crippen LogP contribution is -2.36. The predicted octanol–water partition coefficient (Wildman–Crippen LogP) is 0.935. The minimum atomic E-state index is -0.624.